The molecule has 1 aromatic heterocycles. The summed E-state index contributed by atoms with van der Waals surface area (Å²) in [5, 5.41) is 4.50. The summed E-state index contributed by atoms with van der Waals surface area (Å²) in [7, 11) is -3.03. The van der Waals surface area contributed by atoms with E-state index in [-0.39, 0.29) is 0 Å². The van der Waals surface area contributed by atoms with Gasteiger partial charge in [0.05, 0.1) is 0 Å². The smallest absolute Gasteiger partial charge is 0.222 e. The van der Waals surface area contributed by atoms with Crippen LogP contribution in [0.25, 0.3) is 66.8 Å². The number of hydrogen-bond acceptors (Lipinski definition) is 4. The molecule has 5 heteroatoms. The van der Waals surface area contributed by atoms with Crippen LogP contribution >= 0.6 is 0 Å². The third-order valence-electron chi connectivity index (χ3n) is 12.9. The van der Waals surface area contributed by atoms with Crippen molar-refractivity contribution in [1.29, 1.82) is 0 Å². The molecule has 0 radical (unpaired) electrons. The Hall–Kier alpha value is -8.12. The fourth-order valence-corrected chi connectivity index (χ4v) is 15.2. The SMILES string of the molecule is Cc1ccc2c(c1-c1ccc(-c3cc(-c4ccccc4)c(-c4ccccc4)c(-c4ccccc4)c3-c3ccccc3)cc1)Oc1ncncc1[Si]21c2ccccc2Oc2ccccc21. The van der Waals surface area contributed by atoms with E-state index in [2.05, 4.69) is 212 Å². The van der Waals surface area contributed by atoms with Crippen molar-refractivity contribution in [3.8, 4) is 89.9 Å². The van der Waals surface area contributed by atoms with Gasteiger partial charge in [-0.2, -0.15) is 0 Å². The molecule has 0 unspecified atom stereocenters. The number of fused-ring (bicyclic) bond motifs is 8. The van der Waals surface area contributed by atoms with Crippen LogP contribution in [0.15, 0.2) is 225 Å². The summed E-state index contributed by atoms with van der Waals surface area (Å²) in [6.07, 6.45) is 3.56. The maximum atomic E-state index is 7.02. The Morgan fingerprint density at radius 3 is 1.39 bits per heavy atom. The van der Waals surface area contributed by atoms with Crippen LogP contribution < -0.4 is 30.2 Å². The lowest BCUT2D eigenvalue weighted by Gasteiger charge is -2.42. The first-order chi connectivity index (χ1) is 31.7. The first-order valence-corrected chi connectivity index (χ1v) is 23.7. The van der Waals surface area contributed by atoms with Crippen molar-refractivity contribution in [2.45, 2.75) is 6.92 Å². The van der Waals surface area contributed by atoms with E-state index >= 15 is 0 Å². The van der Waals surface area contributed by atoms with E-state index in [0.717, 1.165) is 82.5 Å². The molecule has 0 N–H and O–H groups in total. The van der Waals surface area contributed by atoms with Gasteiger partial charge >= 0.3 is 0 Å². The van der Waals surface area contributed by atoms with Gasteiger partial charge in [0.15, 0.2) is 0 Å². The number of ether oxygens (including phenoxy) is 2. The number of aromatic nitrogens is 2. The summed E-state index contributed by atoms with van der Waals surface area (Å²) in [6.45, 7) is 2.18. The van der Waals surface area contributed by atoms with Crippen LogP contribution in [0, 0.1) is 6.92 Å². The number of hydrogen-bond donors (Lipinski definition) is 0. The fourth-order valence-electron chi connectivity index (χ4n) is 10.2. The molecule has 1 spiro atoms. The monoisotopic (exact) mass is 836 g/mol. The summed E-state index contributed by atoms with van der Waals surface area (Å²) in [6, 6.07) is 76.3. The number of para-hydroxylation sites is 2. The van der Waals surface area contributed by atoms with Crippen LogP contribution in [-0.2, 0) is 0 Å². The molecule has 2 aliphatic heterocycles. The maximum absolute atomic E-state index is 7.02. The fraction of sp³-hybridized carbons (Fsp3) is 0.0169. The molecule has 4 nitrogen and oxygen atoms in total. The standard InChI is InChI=1S/C59H40N2O2Si/c1-39-30-35-52-58(63-59-53(37-60-38-61-59)64(52)50-28-16-14-26-48(50)62-49-27-15-17-29-51(49)64)54(39)45-33-31-41(32-34-45)47-36-46(40-18-6-2-7-19-40)55(42-20-8-3-9-21-42)57(44-24-12-5-13-25-44)56(47)43-22-10-4-11-23-43/h2-38H,1H3. The van der Waals surface area contributed by atoms with Crippen LogP contribution in [0.3, 0.4) is 0 Å². The lowest BCUT2D eigenvalue weighted by atomic mass is 9.79. The van der Waals surface area contributed by atoms with Gasteiger partial charge < -0.3 is 9.47 Å². The molecule has 0 fully saturated rings. The van der Waals surface area contributed by atoms with Gasteiger partial charge in [-0.1, -0.05) is 194 Å². The Labute approximate surface area is 373 Å². The minimum Gasteiger partial charge on any atom is -0.458 e. The molecule has 302 valence electrons. The Balaban J connectivity index is 1.10. The molecule has 0 aliphatic carbocycles. The second-order valence-corrected chi connectivity index (χ2v) is 20.1. The molecule has 10 aromatic rings. The molecule has 0 atom stereocenters. The molecule has 0 amide bonds. The number of benzene rings is 9. The van der Waals surface area contributed by atoms with E-state index in [1.165, 1.54) is 27.8 Å². The molecule has 9 aromatic carbocycles. The van der Waals surface area contributed by atoms with Crippen LogP contribution in [-0.4, -0.2) is 18.0 Å². The van der Waals surface area contributed by atoms with Gasteiger partial charge in [-0.05, 0) is 107 Å². The quantitative estimate of drug-likeness (QED) is 0.157. The lowest BCUT2D eigenvalue weighted by molar-refractivity contribution is 0.466. The first kappa shape index (κ1) is 37.6. The Morgan fingerprint density at radius 1 is 0.375 bits per heavy atom. The van der Waals surface area contributed by atoms with Gasteiger partial charge in [-0.25, -0.2) is 9.97 Å². The number of rotatable bonds is 6. The van der Waals surface area contributed by atoms with E-state index in [1.807, 2.05) is 18.3 Å². The average molecular weight is 837 g/mol. The molecule has 12 rings (SSSR count). The van der Waals surface area contributed by atoms with Crippen molar-refractivity contribution in [2.24, 2.45) is 0 Å². The topological polar surface area (TPSA) is 44.2 Å². The van der Waals surface area contributed by atoms with E-state index < -0.39 is 8.07 Å². The second-order valence-electron chi connectivity index (χ2n) is 16.5. The lowest BCUT2D eigenvalue weighted by Crippen LogP contribution is -2.77. The molecule has 64 heavy (non-hydrogen) atoms. The van der Waals surface area contributed by atoms with Gasteiger partial charge in [-0.3, -0.25) is 0 Å². The van der Waals surface area contributed by atoms with Gasteiger partial charge in [-0.15, -0.1) is 0 Å². The highest BCUT2D eigenvalue weighted by molar-refractivity contribution is 7.21. The van der Waals surface area contributed by atoms with Gasteiger partial charge in [0.1, 0.15) is 23.6 Å². The normalized spacial score (nSPS) is 12.8. The molecular formula is C59H40N2O2Si. The Kier molecular flexibility index (Phi) is 9.02. The summed E-state index contributed by atoms with van der Waals surface area (Å²) in [5.74, 6) is 3.16. The average Bonchev–Trinajstić information content (AvgIpc) is 3.37. The van der Waals surface area contributed by atoms with E-state index in [4.69, 9.17) is 14.5 Å². The van der Waals surface area contributed by atoms with Crippen molar-refractivity contribution in [2.75, 3.05) is 0 Å². The van der Waals surface area contributed by atoms with E-state index in [9.17, 15) is 0 Å². The van der Waals surface area contributed by atoms with Crippen LogP contribution in [0.4, 0.5) is 0 Å². The predicted octanol–water partition coefficient (Wildman–Crippen LogP) is 12.4. The third-order valence-corrected chi connectivity index (χ3v) is 17.7. The van der Waals surface area contributed by atoms with Crippen molar-refractivity contribution in [3.63, 3.8) is 0 Å². The summed E-state index contributed by atoms with van der Waals surface area (Å²) in [4.78, 5) is 9.43. The maximum Gasteiger partial charge on any atom is 0.222 e. The largest absolute Gasteiger partial charge is 0.458 e. The van der Waals surface area contributed by atoms with Crippen LogP contribution in [0.2, 0.25) is 0 Å². The Bertz CT molecular complexity index is 3310. The zero-order valence-electron chi connectivity index (χ0n) is 35.1. The van der Waals surface area contributed by atoms with Crippen molar-refractivity contribution in [1.82, 2.24) is 9.97 Å². The van der Waals surface area contributed by atoms with E-state index in [0.29, 0.717) is 5.88 Å². The van der Waals surface area contributed by atoms with Crippen LogP contribution in [0.5, 0.6) is 23.1 Å². The molecule has 2 aliphatic rings. The zero-order valence-corrected chi connectivity index (χ0v) is 36.1. The molecule has 0 bridgehead atoms. The third kappa shape index (κ3) is 5.89. The minimum absolute atomic E-state index is 0.594. The minimum atomic E-state index is -3.03. The first-order valence-electron chi connectivity index (χ1n) is 21.7. The van der Waals surface area contributed by atoms with Crippen molar-refractivity contribution < 1.29 is 9.47 Å². The van der Waals surface area contributed by atoms with Crippen LogP contribution in [0.1, 0.15) is 5.56 Å². The van der Waals surface area contributed by atoms with Gasteiger partial charge in [0.2, 0.25) is 14.0 Å². The summed E-state index contributed by atoms with van der Waals surface area (Å²) >= 11 is 0. The highest BCUT2D eigenvalue weighted by atomic mass is 28.3. The molecule has 0 saturated carbocycles. The van der Waals surface area contributed by atoms with Crippen molar-refractivity contribution >= 4 is 28.8 Å². The zero-order chi connectivity index (χ0) is 42.6. The van der Waals surface area contributed by atoms with Crippen molar-refractivity contribution in [3.05, 3.63) is 230 Å². The van der Waals surface area contributed by atoms with E-state index in [1.54, 1.807) is 6.33 Å². The van der Waals surface area contributed by atoms with Gasteiger partial charge in [0, 0.05) is 16.9 Å². The predicted molar refractivity (Wildman–Crippen MR) is 263 cm³/mol. The Morgan fingerprint density at radius 2 is 0.828 bits per heavy atom. The molecule has 3 heterocycles. The molecular weight excluding hydrogens is 797 g/mol. The second kappa shape index (κ2) is 15.3. The van der Waals surface area contributed by atoms with Gasteiger partial charge in [0.25, 0.3) is 0 Å². The molecule has 0 saturated heterocycles. The number of aryl methyl sites for hydroxylation is 1. The summed E-state index contributed by atoms with van der Waals surface area (Å²) < 4.78 is 13.6. The summed E-state index contributed by atoms with van der Waals surface area (Å²) in [5.41, 5.74) is 15.0. The number of nitrogens with zero attached hydrogens (tertiary/aromatic N) is 2. The highest BCUT2D eigenvalue weighted by Crippen LogP contribution is 2.51. The highest BCUT2D eigenvalue weighted by Gasteiger charge is 2.54.